The normalized spacial score (nSPS) is 22.2. The molecule has 2 aromatic rings. The zero-order chi connectivity index (χ0) is 15.9. The maximum atomic E-state index is 12.1. The van der Waals surface area contributed by atoms with Crippen molar-refractivity contribution in [1.82, 2.24) is 19.4 Å². The molecule has 124 valence electrons. The molecule has 1 N–H and O–H groups in total. The van der Waals surface area contributed by atoms with E-state index in [9.17, 15) is 8.42 Å². The van der Waals surface area contributed by atoms with Crippen LogP contribution in [0.15, 0.2) is 29.1 Å². The van der Waals surface area contributed by atoms with Gasteiger partial charge in [0.2, 0.25) is 10.0 Å². The monoisotopic (exact) mass is 352 g/mol. The van der Waals surface area contributed by atoms with Crippen molar-refractivity contribution in [1.29, 1.82) is 0 Å². The molecule has 0 unspecified atom stereocenters. The van der Waals surface area contributed by atoms with Crippen LogP contribution in [0.25, 0.3) is 0 Å². The van der Waals surface area contributed by atoms with Gasteiger partial charge in [0.1, 0.15) is 0 Å². The van der Waals surface area contributed by atoms with Gasteiger partial charge >= 0.3 is 0 Å². The fourth-order valence-electron chi connectivity index (χ4n) is 3.09. The number of nitrogens with one attached hydrogen (secondary N) is 1. The lowest BCUT2D eigenvalue weighted by Crippen LogP contribution is -2.43. The van der Waals surface area contributed by atoms with Gasteiger partial charge < -0.3 is 0 Å². The van der Waals surface area contributed by atoms with Crippen LogP contribution in [0.3, 0.4) is 0 Å². The summed E-state index contributed by atoms with van der Waals surface area (Å²) >= 11 is 1.70. The Kier molecular flexibility index (Phi) is 4.00. The summed E-state index contributed by atoms with van der Waals surface area (Å²) < 4.78 is 28.9. The Hall–Kier alpha value is -1.22. The van der Waals surface area contributed by atoms with Crippen LogP contribution in [0, 0.1) is 0 Å². The van der Waals surface area contributed by atoms with E-state index in [0.29, 0.717) is 6.54 Å². The largest absolute Gasteiger partial charge is 0.291 e. The zero-order valence-electron chi connectivity index (χ0n) is 12.8. The van der Waals surface area contributed by atoms with E-state index < -0.39 is 10.0 Å². The summed E-state index contributed by atoms with van der Waals surface area (Å²) in [5, 5.41) is 8.46. The van der Waals surface area contributed by atoms with Crippen LogP contribution in [0.5, 0.6) is 0 Å². The second-order valence-corrected chi connectivity index (χ2v) is 9.14. The van der Waals surface area contributed by atoms with E-state index >= 15 is 0 Å². The van der Waals surface area contributed by atoms with Crippen LogP contribution in [-0.2, 0) is 23.1 Å². The second-order valence-electron chi connectivity index (χ2n) is 6.31. The predicted octanol–water partition coefficient (Wildman–Crippen LogP) is 1.58. The minimum absolute atomic E-state index is 0.0425. The summed E-state index contributed by atoms with van der Waals surface area (Å²) in [5.41, 5.74) is 2.45. The highest BCUT2D eigenvalue weighted by molar-refractivity contribution is 7.90. The minimum Gasteiger partial charge on any atom is -0.291 e. The molecule has 0 saturated heterocycles. The number of aromatic nitrogens is 2. The molecular weight excluding hydrogens is 332 g/mol. The Bertz CT molecular complexity index is 765. The lowest BCUT2D eigenvalue weighted by molar-refractivity contribution is 0.168. The van der Waals surface area contributed by atoms with Crippen molar-refractivity contribution in [2.45, 2.75) is 37.2 Å². The first-order chi connectivity index (χ1) is 11.1. The smallest absolute Gasteiger partial charge is 0.214 e. The SMILES string of the molecule is O=S(=O)(NC[C@@H]1CN(Cc2ccsc2)Cc2ccnn21)C1CC1. The van der Waals surface area contributed by atoms with E-state index in [4.69, 9.17) is 0 Å². The van der Waals surface area contributed by atoms with Gasteiger partial charge in [-0.2, -0.15) is 16.4 Å². The van der Waals surface area contributed by atoms with Crippen LogP contribution in [0.1, 0.15) is 30.1 Å². The van der Waals surface area contributed by atoms with E-state index in [2.05, 4.69) is 31.5 Å². The summed E-state index contributed by atoms with van der Waals surface area (Å²) in [6.07, 6.45) is 3.38. The first-order valence-electron chi connectivity index (χ1n) is 7.86. The molecule has 3 heterocycles. The minimum atomic E-state index is -3.15. The van der Waals surface area contributed by atoms with Gasteiger partial charge in [-0.25, -0.2) is 13.1 Å². The van der Waals surface area contributed by atoms with E-state index in [1.165, 1.54) is 5.56 Å². The number of hydrogen-bond acceptors (Lipinski definition) is 5. The second kappa shape index (κ2) is 6.01. The van der Waals surface area contributed by atoms with Crippen LogP contribution in [-0.4, -0.2) is 41.4 Å². The molecule has 0 amide bonds. The highest BCUT2D eigenvalue weighted by Crippen LogP contribution is 2.28. The molecule has 6 nitrogen and oxygen atoms in total. The van der Waals surface area contributed by atoms with Crippen LogP contribution in [0.4, 0.5) is 0 Å². The van der Waals surface area contributed by atoms with Gasteiger partial charge in [0.15, 0.2) is 0 Å². The van der Waals surface area contributed by atoms with Crippen molar-refractivity contribution in [3.8, 4) is 0 Å². The molecule has 0 bridgehead atoms. The van der Waals surface area contributed by atoms with Crippen LogP contribution >= 0.6 is 11.3 Å². The van der Waals surface area contributed by atoms with Crippen LogP contribution < -0.4 is 4.72 Å². The Labute approximate surface area is 140 Å². The van der Waals surface area contributed by atoms with E-state index in [1.54, 1.807) is 17.5 Å². The van der Waals surface area contributed by atoms with Gasteiger partial charge in [-0.15, -0.1) is 0 Å². The summed E-state index contributed by atoms with van der Waals surface area (Å²) in [6.45, 7) is 2.95. The van der Waals surface area contributed by atoms with E-state index in [1.807, 2.05) is 10.7 Å². The molecule has 0 radical (unpaired) electrons. The van der Waals surface area contributed by atoms with Crippen molar-refractivity contribution >= 4 is 21.4 Å². The average molecular weight is 352 g/mol. The zero-order valence-corrected chi connectivity index (χ0v) is 14.4. The molecule has 1 saturated carbocycles. The Morgan fingerprint density at radius 1 is 1.35 bits per heavy atom. The molecule has 23 heavy (non-hydrogen) atoms. The fraction of sp³-hybridized carbons (Fsp3) is 0.533. The van der Waals surface area contributed by atoms with Crippen LogP contribution in [0.2, 0.25) is 0 Å². The van der Waals surface area contributed by atoms with Gasteiger partial charge in [-0.1, -0.05) is 0 Å². The first kappa shape index (κ1) is 15.3. The summed E-state index contributed by atoms with van der Waals surface area (Å²) in [4.78, 5) is 2.36. The maximum Gasteiger partial charge on any atom is 0.214 e. The molecule has 1 aliphatic carbocycles. The molecule has 0 aromatic carbocycles. The summed E-state index contributed by atoms with van der Waals surface area (Å²) in [5.74, 6) is 0. The number of nitrogens with zero attached hydrogens (tertiary/aromatic N) is 3. The summed E-state index contributed by atoms with van der Waals surface area (Å²) in [7, 11) is -3.15. The first-order valence-corrected chi connectivity index (χ1v) is 10.3. The molecule has 0 spiro atoms. The molecule has 4 rings (SSSR count). The standard InChI is InChI=1S/C15H20N4O2S2/c20-23(21,15-1-2-15)17-7-14-10-18(8-12-4-6-22-11-12)9-13-3-5-16-19(13)14/h3-6,11,14-15,17H,1-2,7-10H2/t14-/m1/s1. The fourth-order valence-corrected chi connectivity index (χ4v) is 5.16. The highest BCUT2D eigenvalue weighted by atomic mass is 32.2. The Morgan fingerprint density at radius 3 is 2.96 bits per heavy atom. The van der Waals surface area contributed by atoms with Gasteiger partial charge in [0.25, 0.3) is 0 Å². The van der Waals surface area contributed by atoms with Crippen molar-refractivity contribution in [3.63, 3.8) is 0 Å². The Morgan fingerprint density at radius 2 is 2.22 bits per heavy atom. The number of hydrogen-bond donors (Lipinski definition) is 1. The average Bonchev–Trinajstić information content (AvgIpc) is 3.08. The predicted molar refractivity (Wildman–Crippen MR) is 89.6 cm³/mol. The van der Waals surface area contributed by atoms with Crippen molar-refractivity contribution < 1.29 is 8.42 Å². The number of fused-ring (bicyclic) bond motifs is 1. The van der Waals surface area contributed by atoms with Crippen molar-refractivity contribution in [2.24, 2.45) is 0 Å². The molecule has 1 fully saturated rings. The van der Waals surface area contributed by atoms with Crippen molar-refractivity contribution in [2.75, 3.05) is 13.1 Å². The Balaban J connectivity index is 1.47. The quantitative estimate of drug-likeness (QED) is 0.857. The van der Waals surface area contributed by atoms with Crippen molar-refractivity contribution in [3.05, 3.63) is 40.3 Å². The molecule has 2 aliphatic rings. The van der Waals surface area contributed by atoms with Gasteiger partial charge in [0.05, 0.1) is 17.0 Å². The lowest BCUT2D eigenvalue weighted by atomic mass is 10.1. The molecular formula is C15H20N4O2S2. The number of thiophene rings is 1. The van der Waals surface area contributed by atoms with E-state index in [0.717, 1.165) is 38.2 Å². The number of sulfonamides is 1. The third-order valence-electron chi connectivity index (χ3n) is 4.42. The lowest BCUT2D eigenvalue weighted by Gasteiger charge is -2.33. The maximum absolute atomic E-state index is 12.1. The molecule has 1 atom stereocenters. The highest BCUT2D eigenvalue weighted by Gasteiger charge is 2.36. The third-order valence-corrected chi connectivity index (χ3v) is 7.07. The molecule has 1 aliphatic heterocycles. The molecule has 8 heteroatoms. The van der Waals surface area contributed by atoms with Gasteiger partial charge in [0, 0.05) is 32.4 Å². The van der Waals surface area contributed by atoms with E-state index in [-0.39, 0.29) is 11.3 Å². The topological polar surface area (TPSA) is 67.2 Å². The summed E-state index contributed by atoms with van der Waals surface area (Å²) in [6, 6.07) is 4.20. The van der Waals surface area contributed by atoms with Gasteiger partial charge in [-0.05, 0) is 41.3 Å². The molecule has 2 aromatic heterocycles. The third kappa shape index (κ3) is 3.35. The van der Waals surface area contributed by atoms with Gasteiger partial charge in [-0.3, -0.25) is 9.58 Å². The number of rotatable bonds is 6.